The number of hydrogen-bond donors (Lipinski definition) is 1. The Bertz CT molecular complexity index is 786. The van der Waals surface area contributed by atoms with E-state index in [-0.39, 0.29) is 6.04 Å². The van der Waals surface area contributed by atoms with Crippen LogP contribution in [0.4, 0.5) is 5.69 Å². The van der Waals surface area contributed by atoms with Crippen LogP contribution in [0.1, 0.15) is 19.4 Å². The highest BCUT2D eigenvalue weighted by atomic mass is 32.2. The number of hydrogen-bond acceptors (Lipinski definition) is 5. The Morgan fingerprint density at radius 2 is 1.81 bits per heavy atom. The Labute approximate surface area is 160 Å². The first kappa shape index (κ1) is 21.2. The number of amides is 1. The molecule has 0 saturated carbocycles. The first-order valence-corrected chi connectivity index (χ1v) is 10.5. The maximum absolute atomic E-state index is 12.6. The zero-order valence-electron chi connectivity index (χ0n) is 16.0. The summed E-state index contributed by atoms with van der Waals surface area (Å²) in [4.78, 5) is 26.5. The van der Waals surface area contributed by atoms with Crippen LogP contribution in [0.15, 0.2) is 24.3 Å². The average Bonchev–Trinajstić information content (AvgIpc) is 2.59. The Morgan fingerprint density at radius 1 is 1.19 bits per heavy atom. The van der Waals surface area contributed by atoms with Crippen LogP contribution in [0, 0.1) is 6.92 Å². The Hall–Kier alpha value is -2.13. The van der Waals surface area contributed by atoms with E-state index in [4.69, 9.17) is 5.11 Å². The summed E-state index contributed by atoms with van der Waals surface area (Å²) in [7, 11) is -3.79. The van der Waals surface area contributed by atoms with Gasteiger partial charge in [0.15, 0.2) is 0 Å². The maximum atomic E-state index is 12.6. The minimum Gasteiger partial charge on any atom is -0.480 e. The van der Waals surface area contributed by atoms with Gasteiger partial charge in [-0.15, -0.1) is 0 Å². The highest BCUT2D eigenvalue weighted by molar-refractivity contribution is 7.89. The second-order valence-electron chi connectivity index (χ2n) is 6.99. The molecular formula is C18H27N3O5S. The summed E-state index contributed by atoms with van der Waals surface area (Å²) in [5.41, 5.74) is 2.19. The summed E-state index contributed by atoms with van der Waals surface area (Å²) in [5, 5.41) is 8.93. The lowest BCUT2D eigenvalue weighted by molar-refractivity contribution is -0.144. The van der Waals surface area contributed by atoms with Gasteiger partial charge in [0, 0.05) is 37.9 Å². The molecule has 0 atom stereocenters. The fourth-order valence-corrected chi connectivity index (χ4v) is 4.46. The summed E-state index contributed by atoms with van der Waals surface area (Å²) in [6, 6.07) is 7.64. The molecular weight excluding hydrogens is 370 g/mol. The number of piperazine rings is 1. The molecule has 0 aromatic heterocycles. The highest BCUT2D eigenvalue weighted by Crippen LogP contribution is 2.19. The van der Waals surface area contributed by atoms with Crippen molar-refractivity contribution in [2.45, 2.75) is 26.8 Å². The van der Waals surface area contributed by atoms with Crippen molar-refractivity contribution in [2.24, 2.45) is 0 Å². The lowest BCUT2D eigenvalue weighted by Crippen LogP contribution is -2.52. The maximum Gasteiger partial charge on any atom is 0.323 e. The van der Waals surface area contributed by atoms with Gasteiger partial charge >= 0.3 is 5.97 Å². The standard InChI is InChI=1S/C18H27N3O5S/c1-14(2)21(12-18(23)24)17(22)13-27(25,26)20-9-7-19(8-10-20)16-6-4-5-15(3)11-16/h4-6,11,14H,7-10,12-13H2,1-3H3,(H,23,24). The van der Waals surface area contributed by atoms with Crippen LogP contribution in [-0.2, 0) is 19.6 Å². The van der Waals surface area contributed by atoms with Crippen molar-refractivity contribution in [1.82, 2.24) is 9.21 Å². The van der Waals surface area contributed by atoms with E-state index in [9.17, 15) is 18.0 Å². The van der Waals surface area contributed by atoms with Gasteiger partial charge in [0.2, 0.25) is 15.9 Å². The molecule has 2 rings (SSSR count). The fraction of sp³-hybridized carbons (Fsp3) is 0.556. The van der Waals surface area contributed by atoms with Crippen molar-refractivity contribution in [3.63, 3.8) is 0 Å². The minimum atomic E-state index is -3.79. The molecule has 1 saturated heterocycles. The zero-order chi connectivity index (χ0) is 20.2. The zero-order valence-corrected chi connectivity index (χ0v) is 16.8. The van der Waals surface area contributed by atoms with Crippen molar-refractivity contribution in [1.29, 1.82) is 0 Å². The van der Waals surface area contributed by atoms with Gasteiger partial charge in [-0.2, -0.15) is 4.31 Å². The molecule has 0 spiro atoms. The summed E-state index contributed by atoms with van der Waals surface area (Å²) in [5.74, 6) is -2.56. The third-order valence-electron chi connectivity index (χ3n) is 4.55. The number of benzene rings is 1. The minimum absolute atomic E-state index is 0.296. The lowest BCUT2D eigenvalue weighted by Gasteiger charge is -2.36. The van der Waals surface area contributed by atoms with Crippen molar-refractivity contribution < 1.29 is 23.1 Å². The predicted molar refractivity (Wildman–Crippen MR) is 103 cm³/mol. The number of sulfonamides is 1. The predicted octanol–water partition coefficient (Wildman–Crippen LogP) is 0.768. The highest BCUT2D eigenvalue weighted by Gasteiger charge is 2.32. The van der Waals surface area contributed by atoms with E-state index in [0.29, 0.717) is 26.2 Å². The monoisotopic (exact) mass is 397 g/mol. The topological polar surface area (TPSA) is 98.2 Å². The van der Waals surface area contributed by atoms with E-state index in [1.165, 1.54) is 4.31 Å². The number of aryl methyl sites for hydroxylation is 1. The number of carboxylic acids is 1. The Morgan fingerprint density at radius 3 is 2.33 bits per heavy atom. The van der Waals surface area contributed by atoms with Gasteiger partial charge in [0.1, 0.15) is 12.3 Å². The second-order valence-corrected chi connectivity index (χ2v) is 8.96. The van der Waals surface area contributed by atoms with Gasteiger partial charge in [-0.3, -0.25) is 9.59 Å². The van der Waals surface area contributed by atoms with Crippen LogP contribution in [0.3, 0.4) is 0 Å². The van der Waals surface area contributed by atoms with Crippen molar-refractivity contribution in [3.8, 4) is 0 Å². The van der Waals surface area contributed by atoms with Gasteiger partial charge in [-0.05, 0) is 38.5 Å². The molecule has 1 aromatic rings. The van der Waals surface area contributed by atoms with Crippen LogP contribution in [-0.4, -0.2) is 79.1 Å². The number of anilines is 1. The molecule has 1 aliphatic heterocycles. The number of carbonyl (C=O) groups excluding carboxylic acids is 1. The van der Waals surface area contributed by atoms with Gasteiger partial charge in [0.25, 0.3) is 0 Å². The van der Waals surface area contributed by atoms with Crippen LogP contribution in [0.25, 0.3) is 0 Å². The van der Waals surface area contributed by atoms with Gasteiger partial charge in [-0.1, -0.05) is 12.1 Å². The third kappa shape index (κ3) is 5.67. The molecule has 0 bridgehead atoms. The van der Waals surface area contributed by atoms with E-state index in [1.54, 1.807) is 13.8 Å². The lowest BCUT2D eigenvalue weighted by atomic mass is 10.2. The summed E-state index contributed by atoms with van der Waals surface area (Å²) in [6.07, 6.45) is 0. The number of nitrogens with zero attached hydrogens (tertiary/aromatic N) is 3. The smallest absolute Gasteiger partial charge is 0.323 e. The normalized spacial score (nSPS) is 15.8. The molecule has 1 aromatic carbocycles. The van der Waals surface area contributed by atoms with E-state index < -0.39 is 34.2 Å². The van der Waals surface area contributed by atoms with Crippen molar-refractivity contribution in [3.05, 3.63) is 29.8 Å². The molecule has 1 heterocycles. The van der Waals surface area contributed by atoms with Gasteiger partial charge in [0.05, 0.1) is 0 Å². The second kappa shape index (κ2) is 8.71. The number of carboxylic acid groups (broad SMARTS) is 1. The van der Waals surface area contributed by atoms with E-state index >= 15 is 0 Å². The molecule has 1 fully saturated rings. The summed E-state index contributed by atoms with van der Waals surface area (Å²) < 4.78 is 26.6. The average molecular weight is 397 g/mol. The molecule has 27 heavy (non-hydrogen) atoms. The third-order valence-corrected chi connectivity index (χ3v) is 6.32. The Kier molecular flexibility index (Phi) is 6.83. The van der Waals surface area contributed by atoms with Gasteiger partial charge in [-0.25, -0.2) is 8.42 Å². The fourth-order valence-electron chi connectivity index (χ4n) is 3.08. The van der Waals surface area contributed by atoms with E-state index in [2.05, 4.69) is 11.0 Å². The number of aliphatic carboxylic acids is 1. The summed E-state index contributed by atoms with van der Waals surface area (Å²) in [6.45, 7) is 6.50. The Balaban J connectivity index is 1.99. The molecule has 8 nitrogen and oxygen atoms in total. The van der Waals surface area contributed by atoms with Crippen LogP contribution in [0.2, 0.25) is 0 Å². The van der Waals surface area contributed by atoms with Gasteiger partial charge < -0.3 is 14.9 Å². The molecule has 0 unspecified atom stereocenters. The van der Waals surface area contributed by atoms with E-state index in [1.807, 2.05) is 25.1 Å². The quantitative estimate of drug-likeness (QED) is 0.730. The molecule has 9 heteroatoms. The van der Waals surface area contributed by atoms with Crippen LogP contribution in [0.5, 0.6) is 0 Å². The largest absolute Gasteiger partial charge is 0.480 e. The summed E-state index contributed by atoms with van der Waals surface area (Å²) >= 11 is 0. The van der Waals surface area contributed by atoms with Crippen molar-refractivity contribution >= 4 is 27.6 Å². The molecule has 1 amide bonds. The first-order valence-electron chi connectivity index (χ1n) is 8.91. The van der Waals surface area contributed by atoms with Crippen LogP contribution >= 0.6 is 0 Å². The SMILES string of the molecule is Cc1cccc(N2CCN(S(=O)(=O)CC(=O)N(CC(=O)O)C(C)C)CC2)c1. The number of rotatable bonds is 7. The van der Waals surface area contributed by atoms with E-state index in [0.717, 1.165) is 16.2 Å². The first-order chi connectivity index (χ1) is 12.6. The molecule has 1 aliphatic rings. The van der Waals surface area contributed by atoms with Crippen LogP contribution < -0.4 is 4.90 Å². The molecule has 1 N–H and O–H groups in total. The molecule has 150 valence electrons. The van der Waals surface area contributed by atoms with Crippen molar-refractivity contribution in [2.75, 3.05) is 43.4 Å². The molecule has 0 radical (unpaired) electrons. The molecule has 0 aliphatic carbocycles. The number of carbonyl (C=O) groups is 2.